The summed E-state index contributed by atoms with van der Waals surface area (Å²) in [6.07, 6.45) is 4.42. The second kappa shape index (κ2) is 4.96. The number of hydrogen-bond acceptors (Lipinski definition) is 3. The molecule has 1 N–H and O–H groups in total. The Morgan fingerprint density at radius 2 is 2.28 bits per heavy atom. The molecule has 98 valence electrons. The van der Waals surface area contributed by atoms with Gasteiger partial charge in [-0.05, 0) is 51.7 Å². The third-order valence-corrected chi connectivity index (χ3v) is 2.90. The maximum Gasteiger partial charge on any atom is 0.408 e. The van der Waals surface area contributed by atoms with Crippen LogP contribution in [-0.2, 0) is 11.2 Å². The van der Waals surface area contributed by atoms with Crippen molar-refractivity contribution in [2.45, 2.75) is 51.7 Å². The largest absolute Gasteiger partial charge is 0.444 e. The van der Waals surface area contributed by atoms with Crippen molar-refractivity contribution in [2.24, 2.45) is 0 Å². The smallest absolute Gasteiger partial charge is 0.408 e. The van der Waals surface area contributed by atoms with Crippen LogP contribution in [-0.4, -0.2) is 16.7 Å². The number of carbonyl (C=O) groups excluding carboxylic acids is 1. The van der Waals surface area contributed by atoms with Gasteiger partial charge >= 0.3 is 6.09 Å². The van der Waals surface area contributed by atoms with Gasteiger partial charge in [-0.3, -0.25) is 4.98 Å². The summed E-state index contributed by atoms with van der Waals surface area (Å²) in [5.41, 5.74) is 1.75. The molecule has 0 saturated carbocycles. The van der Waals surface area contributed by atoms with Gasteiger partial charge < -0.3 is 10.1 Å². The third kappa shape index (κ3) is 3.22. The number of rotatable bonds is 1. The lowest BCUT2D eigenvalue weighted by molar-refractivity contribution is 0.0498. The van der Waals surface area contributed by atoms with Gasteiger partial charge in [-0.1, -0.05) is 6.07 Å². The lowest BCUT2D eigenvalue weighted by atomic mass is 9.91. The molecule has 4 nitrogen and oxygen atoms in total. The van der Waals surface area contributed by atoms with Crippen LogP contribution < -0.4 is 5.32 Å². The van der Waals surface area contributed by atoms with Gasteiger partial charge in [-0.15, -0.1) is 0 Å². The number of aryl methyl sites for hydroxylation is 1. The van der Waals surface area contributed by atoms with Crippen molar-refractivity contribution < 1.29 is 9.53 Å². The Bertz CT molecular complexity index is 438. The van der Waals surface area contributed by atoms with Gasteiger partial charge in [0.2, 0.25) is 0 Å². The van der Waals surface area contributed by atoms with E-state index in [9.17, 15) is 4.79 Å². The fourth-order valence-corrected chi connectivity index (χ4v) is 2.21. The fraction of sp³-hybridized carbons (Fsp3) is 0.571. The van der Waals surface area contributed by atoms with Crippen LogP contribution in [0.3, 0.4) is 0 Å². The zero-order chi connectivity index (χ0) is 13.2. The van der Waals surface area contributed by atoms with Crippen molar-refractivity contribution in [2.75, 3.05) is 0 Å². The maximum atomic E-state index is 11.8. The fourth-order valence-electron chi connectivity index (χ4n) is 2.21. The first kappa shape index (κ1) is 12.9. The van der Waals surface area contributed by atoms with Crippen molar-refractivity contribution in [3.63, 3.8) is 0 Å². The molecule has 1 heterocycles. The van der Waals surface area contributed by atoms with Crippen molar-refractivity contribution in [1.82, 2.24) is 10.3 Å². The molecule has 4 heteroatoms. The minimum atomic E-state index is -0.462. The number of nitrogens with zero attached hydrogens (tertiary/aromatic N) is 1. The molecule has 0 spiro atoms. The van der Waals surface area contributed by atoms with E-state index in [-0.39, 0.29) is 12.1 Å². The van der Waals surface area contributed by atoms with Crippen molar-refractivity contribution >= 4 is 6.09 Å². The SMILES string of the molecule is CC(C)(C)OC(=O)NC1CCCc2ncccc21. The summed E-state index contributed by atoms with van der Waals surface area (Å²) in [5.74, 6) is 0. The number of nitrogens with one attached hydrogen (secondary N) is 1. The van der Waals surface area contributed by atoms with Gasteiger partial charge in [0.15, 0.2) is 0 Å². The Kier molecular flexibility index (Phi) is 3.55. The highest BCUT2D eigenvalue weighted by molar-refractivity contribution is 5.68. The Labute approximate surface area is 108 Å². The first-order chi connectivity index (χ1) is 8.46. The van der Waals surface area contributed by atoms with E-state index in [0.717, 1.165) is 30.5 Å². The molecule has 0 bridgehead atoms. The molecule has 0 saturated heterocycles. The predicted molar refractivity (Wildman–Crippen MR) is 69.3 cm³/mol. The number of fused-ring (bicyclic) bond motifs is 1. The van der Waals surface area contributed by atoms with E-state index >= 15 is 0 Å². The van der Waals surface area contributed by atoms with Gasteiger partial charge in [-0.2, -0.15) is 0 Å². The molecule has 1 aromatic rings. The van der Waals surface area contributed by atoms with E-state index in [1.807, 2.05) is 32.9 Å². The lowest BCUT2D eigenvalue weighted by Gasteiger charge is -2.27. The summed E-state index contributed by atoms with van der Waals surface area (Å²) < 4.78 is 5.29. The van der Waals surface area contributed by atoms with Crippen molar-refractivity contribution in [3.05, 3.63) is 29.6 Å². The minimum absolute atomic E-state index is 0.0253. The van der Waals surface area contributed by atoms with Gasteiger partial charge in [0.25, 0.3) is 0 Å². The second-order valence-electron chi connectivity index (χ2n) is 5.63. The first-order valence-corrected chi connectivity index (χ1v) is 6.39. The molecule has 1 amide bonds. The standard InChI is InChI=1S/C14H20N2O2/c1-14(2,3)18-13(17)16-12-8-4-7-11-10(12)6-5-9-15-11/h5-6,9,12H,4,7-8H2,1-3H3,(H,16,17). The molecule has 0 radical (unpaired) electrons. The van der Waals surface area contributed by atoms with Crippen LogP contribution in [0.15, 0.2) is 18.3 Å². The molecule has 2 rings (SSSR count). The number of pyridine rings is 1. The van der Waals surface area contributed by atoms with E-state index in [1.165, 1.54) is 0 Å². The summed E-state index contributed by atoms with van der Waals surface area (Å²) >= 11 is 0. The highest BCUT2D eigenvalue weighted by Gasteiger charge is 2.24. The Morgan fingerprint density at radius 1 is 1.50 bits per heavy atom. The Morgan fingerprint density at radius 3 is 3.00 bits per heavy atom. The number of alkyl carbamates (subject to hydrolysis) is 1. The van der Waals surface area contributed by atoms with E-state index < -0.39 is 5.60 Å². The van der Waals surface area contributed by atoms with Crippen molar-refractivity contribution in [1.29, 1.82) is 0 Å². The molecule has 18 heavy (non-hydrogen) atoms. The normalized spacial score (nSPS) is 18.9. The number of aromatic nitrogens is 1. The van der Waals surface area contributed by atoms with E-state index in [1.54, 1.807) is 6.20 Å². The summed E-state index contributed by atoms with van der Waals surface area (Å²) in [6.45, 7) is 5.59. The van der Waals surface area contributed by atoms with Crippen LogP contribution >= 0.6 is 0 Å². The maximum absolute atomic E-state index is 11.8. The summed E-state index contributed by atoms with van der Waals surface area (Å²) in [5, 5.41) is 2.93. The van der Waals surface area contributed by atoms with E-state index in [2.05, 4.69) is 10.3 Å². The third-order valence-electron chi connectivity index (χ3n) is 2.90. The number of amides is 1. The molecular weight excluding hydrogens is 228 g/mol. The van der Waals surface area contributed by atoms with Gasteiger partial charge in [0.05, 0.1) is 6.04 Å². The molecule has 1 unspecified atom stereocenters. The average Bonchev–Trinajstić information content (AvgIpc) is 2.27. The Balaban J connectivity index is 2.05. The highest BCUT2D eigenvalue weighted by atomic mass is 16.6. The van der Waals surface area contributed by atoms with Crippen LogP contribution in [0, 0.1) is 0 Å². The summed E-state index contributed by atoms with van der Waals surface area (Å²) in [4.78, 5) is 16.1. The minimum Gasteiger partial charge on any atom is -0.444 e. The molecular formula is C14H20N2O2. The van der Waals surface area contributed by atoms with Crippen LogP contribution in [0.5, 0.6) is 0 Å². The van der Waals surface area contributed by atoms with Crippen LogP contribution in [0.4, 0.5) is 4.79 Å². The van der Waals surface area contributed by atoms with Crippen LogP contribution in [0.1, 0.15) is 50.9 Å². The summed E-state index contributed by atoms with van der Waals surface area (Å²) in [7, 11) is 0. The van der Waals surface area contributed by atoms with Gasteiger partial charge in [-0.25, -0.2) is 4.79 Å². The first-order valence-electron chi connectivity index (χ1n) is 6.39. The molecule has 1 atom stereocenters. The molecule has 0 aromatic carbocycles. The van der Waals surface area contributed by atoms with E-state index in [0.29, 0.717) is 0 Å². The summed E-state index contributed by atoms with van der Waals surface area (Å²) in [6, 6.07) is 3.97. The number of hydrogen-bond donors (Lipinski definition) is 1. The lowest BCUT2D eigenvalue weighted by Crippen LogP contribution is -2.36. The van der Waals surface area contributed by atoms with Gasteiger partial charge in [0.1, 0.15) is 5.60 Å². The topological polar surface area (TPSA) is 51.2 Å². The average molecular weight is 248 g/mol. The molecule has 1 aliphatic carbocycles. The zero-order valence-electron chi connectivity index (χ0n) is 11.2. The molecule has 1 aromatic heterocycles. The molecule has 0 aliphatic heterocycles. The predicted octanol–water partition coefficient (Wildman–Crippen LogP) is 2.98. The van der Waals surface area contributed by atoms with Crippen molar-refractivity contribution in [3.8, 4) is 0 Å². The van der Waals surface area contributed by atoms with Crippen LogP contribution in [0.2, 0.25) is 0 Å². The monoisotopic (exact) mass is 248 g/mol. The second-order valence-corrected chi connectivity index (χ2v) is 5.63. The zero-order valence-corrected chi connectivity index (χ0v) is 11.2. The quantitative estimate of drug-likeness (QED) is 0.831. The number of ether oxygens (including phenoxy) is 1. The Hall–Kier alpha value is -1.58. The van der Waals surface area contributed by atoms with Gasteiger partial charge in [0, 0.05) is 11.9 Å². The highest BCUT2D eigenvalue weighted by Crippen LogP contribution is 2.28. The number of carbonyl (C=O) groups is 1. The molecule has 0 fully saturated rings. The molecule has 1 aliphatic rings. The van der Waals surface area contributed by atoms with Crippen LogP contribution in [0.25, 0.3) is 0 Å². The van der Waals surface area contributed by atoms with E-state index in [4.69, 9.17) is 4.74 Å².